The van der Waals surface area contributed by atoms with Gasteiger partial charge in [-0.15, -0.1) is 0 Å². The fraction of sp³-hybridized carbons (Fsp3) is 0.282. The molecule has 9 heteroatoms. The van der Waals surface area contributed by atoms with Gasteiger partial charge in [-0.1, -0.05) is 48.5 Å². The fourth-order valence-corrected chi connectivity index (χ4v) is 7.77. The summed E-state index contributed by atoms with van der Waals surface area (Å²) >= 11 is 0. The van der Waals surface area contributed by atoms with Crippen molar-refractivity contribution < 1.29 is 14.3 Å². The number of rotatable bonds is 7. The molecule has 2 aromatic heterocycles. The summed E-state index contributed by atoms with van der Waals surface area (Å²) in [4.78, 5) is 32.1. The van der Waals surface area contributed by atoms with Gasteiger partial charge in [-0.3, -0.25) is 4.79 Å². The van der Waals surface area contributed by atoms with Crippen LogP contribution in [0, 0.1) is 12.3 Å². The van der Waals surface area contributed by atoms with E-state index in [0.717, 1.165) is 106 Å². The number of fused-ring (bicyclic) bond motifs is 6. The number of ether oxygens (including phenoxy) is 2. The van der Waals surface area contributed by atoms with Crippen LogP contribution in [0.15, 0.2) is 79.0 Å². The van der Waals surface area contributed by atoms with Crippen LogP contribution in [-0.2, 0) is 16.1 Å². The van der Waals surface area contributed by atoms with Crippen molar-refractivity contribution in [3.05, 3.63) is 108 Å². The smallest absolute Gasteiger partial charge is 0.231 e. The van der Waals surface area contributed by atoms with Crippen LogP contribution in [0.25, 0.3) is 44.2 Å². The number of imidazole rings is 2. The van der Waals surface area contributed by atoms with Crippen LogP contribution in [0.4, 0.5) is 0 Å². The molecule has 241 valence electrons. The zero-order valence-electron chi connectivity index (χ0n) is 26.8. The quantitative estimate of drug-likeness (QED) is 0.176. The van der Waals surface area contributed by atoms with Gasteiger partial charge in [0, 0.05) is 31.1 Å². The second-order valence-corrected chi connectivity index (χ2v) is 13.3. The number of hydrogen-bond donors (Lipinski definition) is 3. The molecule has 5 heterocycles. The second kappa shape index (κ2) is 11.9. The van der Waals surface area contributed by atoms with E-state index < -0.39 is 0 Å². The van der Waals surface area contributed by atoms with Gasteiger partial charge in [0.25, 0.3) is 0 Å². The molecule has 4 aromatic carbocycles. The van der Waals surface area contributed by atoms with Crippen LogP contribution in [0.5, 0.6) is 5.75 Å². The van der Waals surface area contributed by atoms with E-state index in [1.165, 1.54) is 5.56 Å². The van der Waals surface area contributed by atoms with Gasteiger partial charge in [-0.05, 0) is 77.1 Å². The zero-order valence-corrected chi connectivity index (χ0v) is 26.8. The van der Waals surface area contributed by atoms with Crippen LogP contribution < -0.4 is 10.1 Å². The van der Waals surface area contributed by atoms with Crippen molar-refractivity contribution in [2.45, 2.75) is 38.0 Å². The number of carbonyl (C=O) groups excluding carboxylic acids is 1. The molecular formula is C39H37N6O3. The van der Waals surface area contributed by atoms with E-state index in [1.807, 2.05) is 41.4 Å². The molecular weight excluding hydrogens is 600 g/mol. The Labute approximate surface area is 278 Å². The van der Waals surface area contributed by atoms with Crippen LogP contribution in [0.1, 0.15) is 54.1 Å². The van der Waals surface area contributed by atoms with Crippen molar-refractivity contribution in [1.29, 1.82) is 0 Å². The zero-order chi connectivity index (χ0) is 32.2. The maximum absolute atomic E-state index is 13.3. The number of likely N-dealkylation sites (tertiary alicyclic amines) is 1. The molecule has 0 bridgehead atoms. The minimum atomic E-state index is -0.0807. The van der Waals surface area contributed by atoms with Gasteiger partial charge in [0.05, 0.1) is 48.0 Å². The number of hydrogen-bond acceptors (Lipinski definition) is 6. The molecule has 0 saturated carbocycles. The Bertz CT molecular complexity index is 2150. The number of aromatic amines is 2. The first-order chi connectivity index (χ1) is 23.6. The van der Waals surface area contributed by atoms with Gasteiger partial charge in [0.15, 0.2) is 0 Å². The lowest BCUT2D eigenvalue weighted by atomic mass is 9.92. The van der Waals surface area contributed by atoms with E-state index in [1.54, 1.807) is 13.5 Å². The van der Waals surface area contributed by atoms with Crippen LogP contribution in [0.3, 0.4) is 0 Å². The Hall–Kier alpha value is -4.99. The third-order valence-electron chi connectivity index (χ3n) is 10.2. The topological polar surface area (TPSA) is 108 Å². The van der Waals surface area contributed by atoms with E-state index in [9.17, 15) is 4.79 Å². The van der Waals surface area contributed by atoms with Crippen molar-refractivity contribution in [3.8, 4) is 28.1 Å². The molecule has 2 saturated heterocycles. The molecule has 2 fully saturated rings. The number of methoxy groups -OCH3 is 1. The Morgan fingerprint density at radius 2 is 1.96 bits per heavy atom. The lowest BCUT2D eigenvalue weighted by molar-refractivity contribution is -0.128. The third kappa shape index (κ3) is 5.14. The Balaban J connectivity index is 0.985. The van der Waals surface area contributed by atoms with E-state index in [0.29, 0.717) is 12.5 Å². The Morgan fingerprint density at radius 1 is 1.04 bits per heavy atom. The first-order valence-corrected chi connectivity index (χ1v) is 16.8. The summed E-state index contributed by atoms with van der Waals surface area (Å²) in [7, 11) is 1.76. The second-order valence-electron chi connectivity index (χ2n) is 13.3. The summed E-state index contributed by atoms with van der Waals surface area (Å²) < 4.78 is 11.7. The molecule has 0 unspecified atom stereocenters. The first-order valence-electron chi connectivity index (χ1n) is 16.8. The lowest BCUT2D eigenvalue weighted by Gasteiger charge is -2.23. The van der Waals surface area contributed by atoms with Gasteiger partial charge in [-0.25, -0.2) is 9.97 Å². The monoisotopic (exact) mass is 637 g/mol. The lowest BCUT2D eigenvalue weighted by Crippen LogP contribution is -2.31. The highest BCUT2D eigenvalue weighted by Gasteiger charge is 2.33. The molecule has 3 aliphatic heterocycles. The Morgan fingerprint density at radius 3 is 2.85 bits per heavy atom. The maximum atomic E-state index is 13.3. The van der Waals surface area contributed by atoms with Gasteiger partial charge >= 0.3 is 0 Å². The van der Waals surface area contributed by atoms with Crippen molar-refractivity contribution in [2.24, 2.45) is 5.92 Å². The molecule has 1 radical (unpaired) electrons. The van der Waals surface area contributed by atoms with Gasteiger partial charge in [0.1, 0.15) is 24.0 Å². The first kappa shape index (κ1) is 29.2. The molecule has 3 N–H and O–H groups in total. The molecule has 0 aliphatic carbocycles. The molecule has 9 nitrogen and oxygen atoms in total. The average Bonchev–Trinajstić information content (AvgIpc) is 3.94. The third-order valence-corrected chi connectivity index (χ3v) is 10.2. The summed E-state index contributed by atoms with van der Waals surface area (Å²) in [5, 5.41) is 5.75. The van der Waals surface area contributed by atoms with Crippen molar-refractivity contribution in [1.82, 2.24) is 30.2 Å². The predicted molar refractivity (Wildman–Crippen MR) is 185 cm³/mol. The summed E-state index contributed by atoms with van der Waals surface area (Å²) in [6, 6.07) is 25.1. The van der Waals surface area contributed by atoms with E-state index in [2.05, 4.69) is 57.7 Å². The molecule has 9 rings (SSSR count). The molecule has 0 spiro atoms. The minimum absolute atomic E-state index is 0.0215. The molecule has 48 heavy (non-hydrogen) atoms. The SMILES string of the molecule is COC[C@@H]1CN[C@H](c2ncc(-c3ccc4c(c3)COc3cc5c(ccc6nc([C@@H]7CCCN7C(=O)[CH]c7ccccc7)[nH]c65)cc3-4)[nH]2)C1. The summed E-state index contributed by atoms with van der Waals surface area (Å²) in [6.07, 6.45) is 6.50. The van der Waals surface area contributed by atoms with Crippen LogP contribution in [-0.4, -0.2) is 57.5 Å². The number of amides is 1. The van der Waals surface area contributed by atoms with Gasteiger partial charge in [0.2, 0.25) is 5.91 Å². The number of benzene rings is 4. The highest BCUT2D eigenvalue weighted by Crippen LogP contribution is 2.43. The highest BCUT2D eigenvalue weighted by atomic mass is 16.5. The van der Waals surface area contributed by atoms with Gasteiger partial charge < -0.3 is 29.7 Å². The maximum Gasteiger partial charge on any atom is 0.231 e. The largest absolute Gasteiger partial charge is 0.488 e. The number of nitrogens with one attached hydrogen (secondary N) is 3. The van der Waals surface area contributed by atoms with Crippen LogP contribution in [0.2, 0.25) is 0 Å². The predicted octanol–water partition coefficient (Wildman–Crippen LogP) is 6.88. The molecule has 1 amide bonds. The number of aromatic nitrogens is 4. The average molecular weight is 638 g/mol. The molecule has 3 atom stereocenters. The molecule has 3 aliphatic rings. The normalized spacial score (nSPS) is 20.3. The van der Waals surface area contributed by atoms with Crippen molar-refractivity contribution in [3.63, 3.8) is 0 Å². The number of H-pyrrole nitrogens is 2. The van der Waals surface area contributed by atoms with E-state index in [4.69, 9.17) is 19.4 Å². The van der Waals surface area contributed by atoms with Crippen molar-refractivity contribution >= 4 is 27.7 Å². The summed E-state index contributed by atoms with van der Waals surface area (Å²) in [5.74, 6) is 3.20. The highest BCUT2D eigenvalue weighted by molar-refractivity contribution is 6.07. The fourth-order valence-electron chi connectivity index (χ4n) is 7.77. The van der Waals surface area contributed by atoms with Crippen molar-refractivity contribution in [2.75, 3.05) is 26.8 Å². The standard InChI is InChI=1S/C39H37N6O3/c1-47-21-24-14-32(40-19-24)38-41-20-33(43-38)26-9-11-28-27(16-26)22-48-35-18-29-25(17-30(28)35)10-12-31-37(29)44-39(42-31)34-8-5-13-45(34)36(46)15-23-6-3-2-4-7-23/h2-4,6-7,9-12,15-18,20,24,32,34,40H,5,8,13-14,19,21-22H2,1H3,(H,41,43)(H,42,44)/t24-,32-,34-/m0/s1. The van der Waals surface area contributed by atoms with E-state index >= 15 is 0 Å². The summed E-state index contributed by atoms with van der Waals surface area (Å²) in [5.41, 5.74) is 8.30. The summed E-state index contributed by atoms with van der Waals surface area (Å²) in [6.45, 7) is 2.93. The Kier molecular flexibility index (Phi) is 7.24. The van der Waals surface area contributed by atoms with Crippen LogP contribution >= 0.6 is 0 Å². The number of nitrogens with zero attached hydrogens (tertiary/aromatic N) is 3. The van der Waals surface area contributed by atoms with Gasteiger partial charge in [-0.2, -0.15) is 0 Å². The minimum Gasteiger partial charge on any atom is -0.488 e. The molecule has 6 aromatic rings. The van der Waals surface area contributed by atoms with E-state index in [-0.39, 0.29) is 18.0 Å². The number of carbonyl (C=O) groups is 1.